The van der Waals surface area contributed by atoms with Gasteiger partial charge in [0.2, 0.25) is 5.78 Å². The van der Waals surface area contributed by atoms with Gasteiger partial charge in [0, 0.05) is 10.9 Å². The lowest BCUT2D eigenvalue weighted by atomic mass is 9.98. The van der Waals surface area contributed by atoms with Crippen molar-refractivity contribution in [3.05, 3.63) is 105 Å². The van der Waals surface area contributed by atoms with Gasteiger partial charge in [-0.15, -0.1) is 0 Å². The number of pyridine rings is 1. The Bertz CT molecular complexity index is 1550. The number of benzene rings is 3. The van der Waals surface area contributed by atoms with Crippen LogP contribution in [-0.4, -0.2) is 28.4 Å². The molecule has 1 aromatic heterocycles. The number of nitrogens with zero attached hydrogens (tertiary/aromatic N) is 1. The third kappa shape index (κ3) is 4.40. The maximum absolute atomic E-state index is 13.4. The summed E-state index contributed by atoms with van der Waals surface area (Å²) < 4.78 is 5.61. The second-order valence-electron chi connectivity index (χ2n) is 9.34. The van der Waals surface area contributed by atoms with Crippen LogP contribution in [0.2, 0.25) is 0 Å². The number of ether oxygens (including phenoxy) is 1. The Hall–Kier alpha value is -4.25. The van der Waals surface area contributed by atoms with Crippen LogP contribution in [0.5, 0.6) is 5.75 Å². The van der Waals surface area contributed by atoms with Gasteiger partial charge >= 0.3 is 5.97 Å². The van der Waals surface area contributed by atoms with E-state index in [1.54, 1.807) is 12.1 Å². The Balaban J connectivity index is 1.48. The molecule has 1 heterocycles. The van der Waals surface area contributed by atoms with Gasteiger partial charge in [-0.05, 0) is 97.3 Å². The summed E-state index contributed by atoms with van der Waals surface area (Å²) >= 11 is 0. The Morgan fingerprint density at radius 1 is 0.944 bits per heavy atom. The lowest BCUT2D eigenvalue weighted by molar-refractivity contribution is 0.0475. The number of phenols is 1. The minimum Gasteiger partial charge on any atom is -0.508 e. The van der Waals surface area contributed by atoms with Crippen LogP contribution in [0, 0.1) is 20.8 Å². The van der Waals surface area contributed by atoms with Crippen LogP contribution < -0.4 is 0 Å². The molecule has 0 saturated heterocycles. The van der Waals surface area contributed by atoms with Crippen LogP contribution in [0.15, 0.2) is 60.7 Å². The maximum Gasteiger partial charge on any atom is 0.339 e. The lowest BCUT2D eigenvalue weighted by Gasteiger charge is -2.13. The number of phenolic OH excluding ortho intramolecular Hbond substituents is 1. The Labute approximate surface area is 210 Å². The third-order valence-corrected chi connectivity index (χ3v) is 6.86. The molecule has 36 heavy (non-hydrogen) atoms. The fourth-order valence-electron chi connectivity index (χ4n) is 4.83. The molecule has 180 valence electrons. The number of fused-ring (bicyclic) bond motifs is 2. The highest BCUT2D eigenvalue weighted by Crippen LogP contribution is 2.38. The first-order chi connectivity index (χ1) is 17.3. The van der Waals surface area contributed by atoms with E-state index in [2.05, 4.69) is 0 Å². The van der Waals surface area contributed by atoms with Crippen molar-refractivity contribution in [2.24, 2.45) is 0 Å². The molecule has 0 bridgehead atoms. The van der Waals surface area contributed by atoms with E-state index in [9.17, 15) is 14.7 Å². The van der Waals surface area contributed by atoms with Crippen molar-refractivity contribution in [2.75, 3.05) is 6.61 Å². The highest BCUT2D eigenvalue weighted by Gasteiger charge is 2.28. The van der Waals surface area contributed by atoms with E-state index < -0.39 is 5.97 Å². The van der Waals surface area contributed by atoms with Gasteiger partial charge in [-0.3, -0.25) is 4.79 Å². The lowest BCUT2D eigenvalue weighted by Crippen LogP contribution is -2.17. The molecule has 0 amide bonds. The Morgan fingerprint density at radius 3 is 2.44 bits per heavy atom. The zero-order chi connectivity index (χ0) is 25.4. The first kappa shape index (κ1) is 23.5. The van der Waals surface area contributed by atoms with Crippen LogP contribution in [0.1, 0.15) is 60.6 Å². The second kappa shape index (κ2) is 9.42. The smallest absolute Gasteiger partial charge is 0.339 e. The number of aryl methyl sites for hydroxylation is 3. The van der Waals surface area contributed by atoms with Crippen molar-refractivity contribution >= 4 is 34.3 Å². The molecule has 4 aromatic rings. The predicted octanol–water partition coefficient (Wildman–Crippen LogP) is 6.39. The molecule has 1 aliphatic carbocycles. The number of para-hydroxylation sites is 1. The molecular formula is C31H27NO4. The zero-order valence-electron chi connectivity index (χ0n) is 20.6. The first-order valence-electron chi connectivity index (χ1n) is 12.0. The van der Waals surface area contributed by atoms with Crippen molar-refractivity contribution in [2.45, 2.75) is 33.6 Å². The molecular weight excluding hydrogens is 450 g/mol. The monoisotopic (exact) mass is 477 g/mol. The number of aromatic nitrogens is 1. The number of esters is 1. The SMILES string of the molecule is Cc1cc(C)c(C(=O)COC(=O)c2c3c(nc4ccccc24)/C(=C/c2ccc(O)cc2)CC3)cc1C. The van der Waals surface area contributed by atoms with Gasteiger partial charge in [-0.1, -0.05) is 36.4 Å². The fourth-order valence-corrected chi connectivity index (χ4v) is 4.83. The molecule has 0 fully saturated rings. The van der Waals surface area contributed by atoms with Gasteiger partial charge in [0.25, 0.3) is 0 Å². The van der Waals surface area contributed by atoms with Crippen molar-refractivity contribution in [1.82, 2.24) is 4.98 Å². The summed E-state index contributed by atoms with van der Waals surface area (Å²) in [6, 6.07) is 18.3. The molecule has 1 N–H and O–H groups in total. The molecule has 1 aliphatic rings. The van der Waals surface area contributed by atoms with Crippen LogP contribution in [0.4, 0.5) is 0 Å². The molecule has 0 saturated carbocycles. The number of hydrogen-bond acceptors (Lipinski definition) is 5. The minimum atomic E-state index is -0.509. The van der Waals surface area contributed by atoms with E-state index in [-0.39, 0.29) is 18.1 Å². The van der Waals surface area contributed by atoms with Gasteiger partial charge in [0.1, 0.15) is 5.75 Å². The van der Waals surface area contributed by atoms with Crippen LogP contribution in [-0.2, 0) is 11.2 Å². The Morgan fingerprint density at radius 2 is 1.67 bits per heavy atom. The topological polar surface area (TPSA) is 76.5 Å². The number of Topliss-reactive ketones (excluding diaryl/α,β-unsaturated/α-hetero) is 1. The molecule has 0 atom stereocenters. The molecule has 0 spiro atoms. The molecule has 5 heteroatoms. The van der Waals surface area contributed by atoms with Gasteiger partial charge in [-0.25, -0.2) is 9.78 Å². The van der Waals surface area contributed by atoms with Crippen molar-refractivity contribution in [3.63, 3.8) is 0 Å². The normalized spacial score (nSPS) is 13.7. The summed E-state index contributed by atoms with van der Waals surface area (Å²) in [6.07, 6.45) is 3.43. The van der Waals surface area contributed by atoms with Gasteiger partial charge in [0.15, 0.2) is 6.61 Å². The van der Waals surface area contributed by atoms with E-state index in [1.807, 2.05) is 75.4 Å². The number of rotatable bonds is 5. The number of aromatic hydroxyl groups is 1. The largest absolute Gasteiger partial charge is 0.508 e. The second-order valence-corrected chi connectivity index (χ2v) is 9.34. The average molecular weight is 478 g/mol. The number of allylic oxidation sites excluding steroid dienone is 1. The molecule has 3 aromatic carbocycles. The standard InChI is InChI=1S/C31H27NO4/c1-18-14-20(3)26(15-19(18)2)28(34)17-36-31(35)29-24-6-4-5-7-27(24)32-30-22(10-13-25(29)30)16-21-8-11-23(33)12-9-21/h4-9,11-12,14-16,33H,10,13,17H2,1-3H3/b22-16+. The van der Waals surface area contributed by atoms with E-state index in [1.165, 1.54) is 0 Å². The number of carbonyl (C=O) groups excluding carboxylic acids is 2. The van der Waals surface area contributed by atoms with Crippen molar-refractivity contribution in [3.8, 4) is 5.75 Å². The van der Waals surface area contributed by atoms with Crippen molar-refractivity contribution < 1.29 is 19.4 Å². The van der Waals surface area contributed by atoms with Crippen LogP contribution in [0.3, 0.4) is 0 Å². The Kier molecular flexibility index (Phi) is 6.15. The molecule has 0 radical (unpaired) electrons. The van der Waals surface area contributed by atoms with E-state index in [0.717, 1.165) is 50.9 Å². The van der Waals surface area contributed by atoms with Gasteiger partial charge in [-0.2, -0.15) is 0 Å². The fraction of sp³-hybridized carbons (Fsp3) is 0.194. The van der Waals surface area contributed by atoms with E-state index in [4.69, 9.17) is 9.72 Å². The van der Waals surface area contributed by atoms with Crippen molar-refractivity contribution in [1.29, 1.82) is 0 Å². The minimum absolute atomic E-state index is 0.212. The molecule has 0 aliphatic heterocycles. The molecule has 5 nitrogen and oxygen atoms in total. The summed E-state index contributed by atoms with van der Waals surface area (Å²) in [7, 11) is 0. The van der Waals surface area contributed by atoms with Crippen LogP contribution in [0.25, 0.3) is 22.6 Å². The quantitative estimate of drug-likeness (QED) is 0.266. The van der Waals surface area contributed by atoms with Gasteiger partial charge in [0.05, 0.1) is 16.8 Å². The summed E-state index contributed by atoms with van der Waals surface area (Å²) in [6.45, 7) is 5.56. The predicted molar refractivity (Wildman–Crippen MR) is 141 cm³/mol. The van der Waals surface area contributed by atoms with Crippen LogP contribution >= 0.6 is 0 Å². The summed E-state index contributed by atoms with van der Waals surface area (Å²) in [5.41, 5.74) is 8.39. The van der Waals surface area contributed by atoms with E-state index in [0.29, 0.717) is 23.1 Å². The highest BCUT2D eigenvalue weighted by molar-refractivity contribution is 6.08. The number of carbonyl (C=O) groups is 2. The number of ketones is 1. The summed E-state index contributed by atoms with van der Waals surface area (Å²) in [5, 5.41) is 10.3. The number of hydrogen-bond donors (Lipinski definition) is 1. The van der Waals surface area contributed by atoms with E-state index >= 15 is 0 Å². The van der Waals surface area contributed by atoms with Gasteiger partial charge < -0.3 is 9.84 Å². The molecule has 0 unspecified atom stereocenters. The maximum atomic E-state index is 13.4. The highest BCUT2D eigenvalue weighted by atomic mass is 16.5. The summed E-state index contributed by atoms with van der Waals surface area (Å²) in [4.78, 5) is 31.2. The zero-order valence-corrected chi connectivity index (χ0v) is 20.6. The average Bonchev–Trinajstić information content (AvgIpc) is 3.26. The third-order valence-electron chi connectivity index (χ3n) is 6.86. The molecule has 5 rings (SSSR count). The summed E-state index contributed by atoms with van der Waals surface area (Å²) in [5.74, 6) is -0.513. The first-order valence-corrected chi connectivity index (χ1v) is 12.0.